The highest BCUT2D eigenvalue weighted by Crippen LogP contribution is 2.59. The number of hydrogen-bond donors (Lipinski definition) is 1. The maximum absolute atomic E-state index is 12.1. The van der Waals surface area contributed by atoms with E-state index in [0.29, 0.717) is 17.8 Å². The summed E-state index contributed by atoms with van der Waals surface area (Å²) < 4.78 is 1.24. The van der Waals surface area contributed by atoms with Gasteiger partial charge in [0.15, 0.2) is 0 Å². The summed E-state index contributed by atoms with van der Waals surface area (Å²) in [4.78, 5) is 12.1. The van der Waals surface area contributed by atoms with Crippen molar-refractivity contribution in [3.8, 4) is 6.07 Å². The topological polar surface area (TPSA) is 71.8 Å². The molecule has 4 aliphatic carbocycles. The zero-order chi connectivity index (χ0) is 13.9. The summed E-state index contributed by atoms with van der Waals surface area (Å²) in [5, 5.41) is 8.93. The number of pyridine rings is 1. The molecule has 4 bridgehead atoms. The quantitative estimate of drug-likeness (QED) is 0.792. The van der Waals surface area contributed by atoms with Crippen LogP contribution in [0.1, 0.15) is 49.3 Å². The third-order valence-electron chi connectivity index (χ3n) is 5.84. The Morgan fingerprint density at radius 2 is 1.70 bits per heavy atom. The molecule has 0 unspecified atom stereocenters. The van der Waals surface area contributed by atoms with Gasteiger partial charge in [-0.1, -0.05) is 0 Å². The second kappa shape index (κ2) is 4.12. The molecule has 4 fully saturated rings. The Bertz CT molecular complexity index is 627. The van der Waals surface area contributed by atoms with E-state index in [4.69, 9.17) is 11.1 Å². The third kappa shape index (κ3) is 1.56. The minimum absolute atomic E-state index is 0.139. The molecule has 0 spiro atoms. The standard InChI is InChI=1S/C16H19N3O/c17-8-11-1-2-14(19(18)16(11)20)15-12-4-9-3-10(6-12)7-13(15)5-9/h1-2,9-10,12-13,15H,3-7,18H2. The van der Waals surface area contributed by atoms with Crippen LogP contribution in [0.25, 0.3) is 0 Å². The number of hydrogen-bond acceptors (Lipinski definition) is 3. The van der Waals surface area contributed by atoms with Crippen molar-refractivity contribution in [2.24, 2.45) is 23.7 Å². The monoisotopic (exact) mass is 269 g/mol. The molecule has 1 aromatic rings. The zero-order valence-corrected chi connectivity index (χ0v) is 11.5. The lowest BCUT2D eigenvalue weighted by atomic mass is 9.51. The molecule has 0 saturated heterocycles. The molecular formula is C16H19N3O. The summed E-state index contributed by atoms with van der Waals surface area (Å²) in [5.41, 5.74) is 0.738. The van der Waals surface area contributed by atoms with Crippen molar-refractivity contribution in [3.05, 3.63) is 33.7 Å². The van der Waals surface area contributed by atoms with Crippen LogP contribution in [0.2, 0.25) is 0 Å². The van der Waals surface area contributed by atoms with Gasteiger partial charge in [0.1, 0.15) is 11.6 Å². The van der Waals surface area contributed by atoms with Crippen molar-refractivity contribution in [1.82, 2.24) is 4.68 Å². The molecule has 0 aromatic carbocycles. The van der Waals surface area contributed by atoms with Crippen LogP contribution < -0.4 is 11.4 Å². The van der Waals surface area contributed by atoms with E-state index in [0.717, 1.165) is 17.5 Å². The van der Waals surface area contributed by atoms with Gasteiger partial charge in [0.25, 0.3) is 5.56 Å². The molecule has 5 rings (SSSR count). The van der Waals surface area contributed by atoms with Crippen LogP contribution in [0.5, 0.6) is 0 Å². The lowest BCUT2D eigenvalue weighted by Crippen LogP contribution is -2.46. The first-order valence-corrected chi connectivity index (χ1v) is 7.58. The van der Waals surface area contributed by atoms with Crippen LogP contribution in [0, 0.1) is 35.0 Å². The maximum Gasteiger partial charge on any atom is 0.286 e. The molecule has 4 aliphatic rings. The molecule has 0 radical (unpaired) electrons. The first-order valence-electron chi connectivity index (χ1n) is 7.58. The van der Waals surface area contributed by atoms with Crippen molar-refractivity contribution in [1.29, 1.82) is 5.26 Å². The predicted octanol–water partition coefficient (Wildman–Crippen LogP) is 1.97. The van der Waals surface area contributed by atoms with Crippen molar-refractivity contribution < 1.29 is 0 Å². The molecule has 1 aromatic heterocycles. The number of nitriles is 1. The summed E-state index contributed by atoms with van der Waals surface area (Å²) in [6.07, 6.45) is 6.61. The summed E-state index contributed by atoms with van der Waals surface area (Å²) in [5.74, 6) is 9.61. The molecule has 4 heteroatoms. The van der Waals surface area contributed by atoms with Gasteiger partial charge in [0.2, 0.25) is 0 Å². The SMILES string of the molecule is N#Cc1ccc(C2C3CC4CC(C3)CC2C4)n(N)c1=O. The van der Waals surface area contributed by atoms with Gasteiger partial charge in [-0.25, -0.2) is 4.68 Å². The van der Waals surface area contributed by atoms with Gasteiger partial charge >= 0.3 is 0 Å². The second-order valence-electron chi connectivity index (χ2n) is 6.92. The van der Waals surface area contributed by atoms with Crippen molar-refractivity contribution >= 4 is 0 Å². The Labute approximate surface area is 118 Å². The van der Waals surface area contributed by atoms with Gasteiger partial charge in [-0.05, 0) is 67.9 Å². The predicted molar refractivity (Wildman–Crippen MR) is 75.4 cm³/mol. The van der Waals surface area contributed by atoms with Gasteiger partial charge in [0, 0.05) is 11.6 Å². The first kappa shape index (κ1) is 12.0. The number of aromatic nitrogens is 1. The number of nitrogen functional groups attached to an aromatic ring is 1. The van der Waals surface area contributed by atoms with Gasteiger partial charge in [-0.3, -0.25) is 4.79 Å². The van der Waals surface area contributed by atoms with Crippen LogP contribution in [0.15, 0.2) is 16.9 Å². The van der Waals surface area contributed by atoms with Crippen LogP contribution in [0.4, 0.5) is 0 Å². The van der Waals surface area contributed by atoms with Crippen molar-refractivity contribution in [2.75, 3.05) is 5.84 Å². The zero-order valence-electron chi connectivity index (χ0n) is 11.5. The number of nitrogens with zero attached hydrogens (tertiary/aromatic N) is 2. The van der Waals surface area contributed by atoms with E-state index in [1.54, 1.807) is 6.07 Å². The van der Waals surface area contributed by atoms with Gasteiger partial charge in [-0.15, -0.1) is 0 Å². The summed E-state index contributed by atoms with van der Waals surface area (Å²) >= 11 is 0. The average Bonchev–Trinajstić information content (AvgIpc) is 2.42. The van der Waals surface area contributed by atoms with Crippen LogP contribution in [0.3, 0.4) is 0 Å². The fourth-order valence-corrected chi connectivity index (χ4v) is 5.33. The molecule has 2 N–H and O–H groups in total. The fourth-order valence-electron chi connectivity index (χ4n) is 5.33. The lowest BCUT2D eigenvalue weighted by Gasteiger charge is -2.54. The summed E-state index contributed by atoms with van der Waals surface area (Å²) in [6, 6.07) is 5.47. The number of rotatable bonds is 1. The minimum Gasteiger partial charge on any atom is -0.336 e. The maximum atomic E-state index is 12.1. The molecule has 4 saturated carbocycles. The highest BCUT2D eigenvalue weighted by molar-refractivity contribution is 5.30. The Balaban J connectivity index is 1.77. The van der Waals surface area contributed by atoms with E-state index in [-0.39, 0.29) is 11.1 Å². The molecular weight excluding hydrogens is 250 g/mol. The molecule has 104 valence electrons. The fraction of sp³-hybridized carbons (Fsp3) is 0.625. The van der Waals surface area contributed by atoms with Crippen LogP contribution in [-0.4, -0.2) is 4.68 Å². The normalized spacial score (nSPS) is 37.9. The van der Waals surface area contributed by atoms with Crippen LogP contribution in [-0.2, 0) is 0 Å². The van der Waals surface area contributed by atoms with E-state index >= 15 is 0 Å². The Morgan fingerprint density at radius 3 is 2.25 bits per heavy atom. The number of nitrogens with two attached hydrogens (primary N) is 1. The highest BCUT2D eigenvalue weighted by Gasteiger charge is 2.49. The van der Waals surface area contributed by atoms with Crippen molar-refractivity contribution in [3.63, 3.8) is 0 Å². The van der Waals surface area contributed by atoms with Crippen molar-refractivity contribution in [2.45, 2.75) is 38.0 Å². The molecule has 0 amide bonds. The Morgan fingerprint density at radius 1 is 1.10 bits per heavy atom. The molecule has 4 nitrogen and oxygen atoms in total. The van der Waals surface area contributed by atoms with E-state index in [1.165, 1.54) is 36.8 Å². The van der Waals surface area contributed by atoms with E-state index in [9.17, 15) is 4.79 Å². The minimum atomic E-state index is -0.348. The van der Waals surface area contributed by atoms with E-state index < -0.39 is 0 Å². The summed E-state index contributed by atoms with van der Waals surface area (Å²) in [7, 11) is 0. The average molecular weight is 269 g/mol. The van der Waals surface area contributed by atoms with E-state index in [2.05, 4.69) is 0 Å². The summed E-state index contributed by atoms with van der Waals surface area (Å²) in [6.45, 7) is 0. The molecule has 20 heavy (non-hydrogen) atoms. The molecule has 0 aliphatic heterocycles. The Hall–Kier alpha value is -1.76. The van der Waals surface area contributed by atoms with Gasteiger partial charge < -0.3 is 5.84 Å². The highest BCUT2D eigenvalue weighted by atomic mass is 16.1. The second-order valence-corrected chi connectivity index (χ2v) is 6.92. The van der Waals surface area contributed by atoms with E-state index in [1.807, 2.05) is 12.1 Å². The van der Waals surface area contributed by atoms with Crippen LogP contribution >= 0.6 is 0 Å². The lowest BCUT2D eigenvalue weighted by molar-refractivity contribution is -0.00512. The largest absolute Gasteiger partial charge is 0.336 e. The third-order valence-corrected chi connectivity index (χ3v) is 5.84. The molecule has 1 heterocycles. The smallest absolute Gasteiger partial charge is 0.286 e. The van der Waals surface area contributed by atoms with Gasteiger partial charge in [0.05, 0.1) is 0 Å². The molecule has 0 atom stereocenters. The first-order chi connectivity index (χ1) is 9.67. The Kier molecular flexibility index (Phi) is 2.47. The van der Waals surface area contributed by atoms with Gasteiger partial charge in [-0.2, -0.15) is 5.26 Å².